The van der Waals surface area contributed by atoms with E-state index in [4.69, 9.17) is 37.9 Å². The number of allylic oxidation sites excluding steroid dienone is 2. The number of esters is 1. The Morgan fingerprint density at radius 2 is 1.18 bits per heavy atom. The average molecular weight is 1110 g/mol. The first-order valence-corrected chi connectivity index (χ1v) is 27.4. The van der Waals surface area contributed by atoms with Crippen LogP contribution in [0.1, 0.15) is 106 Å². The van der Waals surface area contributed by atoms with Gasteiger partial charge < -0.3 is 109 Å². The van der Waals surface area contributed by atoms with Crippen molar-refractivity contribution < 1.29 is 119 Å². The fourth-order valence-electron chi connectivity index (χ4n) is 16.3. The second kappa shape index (κ2) is 21.3. The number of carbonyl (C=O) groups excluding carboxylic acids is 1. The third kappa shape index (κ3) is 9.46. The Morgan fingerprint density at radius 3 is 1.83 bits per heavy atom. The van der Waals surface area contributed by atoms with Crippen LogP contribution in [-0.4, -0.2) is 232 Å². The number of carboxylic acid groups (broad SMARTS) is 1. The second-order valence-corrected chi connectivity index (χ2v) is 25.7. The molecule has 0 radical (unpaired) electrons. The summed E-state index contributed by atoms with van der Waals surface area (Å²) in [4.78, 5) is 29.1. The van der Waals surface area contributed by atoms with E-state index in [0.29, 0.717) is 51.4 Å². The first kappa shape index (κ1) is 59.5. The van der Waals surface area contributed by atoms with Crippen LogP contribution in [0.4, 0.5) is 0 Å². The summed E-state index contributed by atoms with van der Waals surface area (Å²) in [5.74, 6) is -3.06. The molecule has 29 unspecified atom stereocenters. The molecule has 4 saturated carbocycles. The summed E-state index contributed by atoms with van der Waals surface area (Å²) >= 11 is 0. The fraction of sp³-hybridized carbons (Fsp3) is 0.925. The first-order chi connectivity index (χ1) is 36.0. The number of fused-ring (bicyclic) bond motifs is 7. The van der Waals surface area contributed by atoms with Gasteiger partial charge in [-0.1, -0.05) is 46.3 Å². The van der Waals surface area contributed by atoms with Crippen molar-refractivity contribution in [3.63, 3.8) is 0 Å². The molecular weight excluding hydrogens is 1020 g/mol. The number of hydrogen-bond donors (Lipinski definition) is 14. The van der Waals surface area contributed by atoms with Gasteiger partial charge in [-0.3, -0.25) is 9.59 Å². The van der Waals surface area contributed by atoms with Crippen molar-refractivity contribution in [1.29, 1.82) is 0 Å². The minimum Gasteiger partial charge on any atom is -0.481 e. The largest absolute Gasteiger partial charge is 0.481 e. The summed E-state index contributed by atoms with van der Waals surface area (Å²) in [7, 11) is 0. The van der Waals surface area contributed by atoms with Crippen LogP contribution in [0.25, 0.3) is 0 Å². The summed E-state index contributed by atoms with van der Waals surface area (Å²) in [5.41, 5.74) is -3.97. The maximum atomic E-state index is 15.4. The van der Waals surface area contributed by atoms with Crippen molar-refractivity contribution in [1.82, 2.24) is 0 Å². The van der Waals surface area contributed by atoms with Crippen LogP contribution in [-0.2, 0) is 47.5 Å². The standard InChI is InChI=1S/C53H84O24/c1-21-39(74-42-36(64)30(58)25(57)20-70-42)35(63)38(66)43(71-21)75-40-34(62)32(60)27(19-55)73-45(40)77-47(69)53-14-12-48(2,3)16-23(53)22-8-9-28-49(4)17-24(56)41(76-44-37(65)33(61)31(59)26(18-54)72-44)52(7,46(67)68)29(49)10-11-51(28,6)50(22,5)13-15-53/h8,21,23-45,54-66H,9-20H2,1-7H3,(H,67,68). The van der Waals surface area contributed by atoms with Crippen molar-refractivity contribution in [2.45, 2.75) is 235 Å². The average Bonchev–Trinajstić information content (AvgIpc) is 3.55. The maximum absolute atomic E-state index is 15.4. The van der Waals surface area contributed by atoms with E-state index in [1.54, 1.807) is 0 Å². The van der Waals surface area contributed by atoms with E-state index in [2.05, 4.69) is 33.8 Å². The highest BCUT2D eigenvalue weighted by atomic mass is 16.8. The zero-order valence-electron chi connectivity index (χ0n) is 44.8. The lowest BCUT2D eigenvalue weighted by atomic mass is 9.33. The molecular formula is C53H84O24. The Labute approximate surface area is 446 Å². The molecule has 0 aromatic carbocycles. The molecule has 440 valence electrons. The highest BCUT2D eigenvalue weighted by Crippen LogP contribution is 2.76. The predicted molar refractivity (Wildman–Crippen MR) is 259 cm³/mol. The number of aliphatic hydroxyl groups excluding tert-OH is 13. The molecule has 8 fully saturated rings. The van der Waals surface area contributed by atoms with E-state index in [9.17, 15) is 76.3 Å². The lowest BCUT2D eigenvalue weighted by molar-refractivity contribution is -0.375. The van der Waals surface area contributed by atoms with Gasteiger partial charge in [-0.15, -0.1) is 0 Å². The number of rotatable bonds is 11. The van der Waals surface area contributed by atoms with E-state index in [1.807, 2.05) is 6.92 Å². The third-order valence-electron chi connectivity index (χ3n) is 21.1. The Morgan fingerprint density at radius 1 is 0.610 bits per heavy atom. The smallest absolute Gasteiger partial charge is 0.315 e. The van der Waals surface area contributed by atoms with E-state index < -0.39 is 200 Å². The van der Waals surface area contributed by atoms with Crippen molar-refractivity contribution in [2.24, 2.45) is 50.2 Å². The van der Waals surface area contributed by atoms with Gasteiger partial charge in [0.2, 0.25) is 6.29 Å². The fourth-order valence-corrected chi connectivity index (χ4v) is 16.3. The van der Waals surface area contributed by atoms with Crippen LogP contribution in [0, 0.1) is 50.2 Å². The van der Waals surface area contributed by atoms with Gasteiger partial charge in [0.1, 0.15) is 85.5 Å². The van der Waals surface area contributed by atoms with Crippen LogP contribution in [0.3, 0.4) is 0 Å². The molecule has 9 aliphatic rings. The molecule has 29 atom stereocenters. The van der Waals surface area contributed by atoms with Gasteiger partial charge in [-0.25, -0.2) is 0 Å². The SMILES string of the molecule is CC1OC(OC2C(OC(=O)C34CCC(C)(C)CC3C3=CCC5C6(C)CC(O)C(OC7OC(CO)C(O)C(O)C7O)C(C)(C(=O)O)C6CCC5(C)C3(C)CC4)OC(CO)C(O)C2O)C(O)C(O)C1OC1OCC(O)C(O)C1O. The number of carbonyl (C=O) groups is 2. The molecule has 24 nitrogen and oxygen atoms in total. The Bertz CT molecular complexity index is 2180. The second-order valence-electron chi connectivity index (χ2n) is 25.7. The number of ether oxygens (including phenoxy) is 8. The Balaban J connectivity index is 0.973. The van der Waals surface area contributed by atoms with Crippen molar-refractivity contribution in [2.75, 3.05) is 19.8 Å². The number of carboxylic acids is 1. The molecule has 24 heteroatoms. The monoisotopic (exact) mass is 1100 g/mol. The lowest BCUT2D eigenvalue weighted by Crippen LogP contribution is -2.70. The highest BCUT2D eigenvalue weighted by molar-refractivity contribution is 5.79. The van der Waals surface area contributed by atoms with Crippen LogP contribution in [0.2, 0.25) is 0 Å². The molecule has 4 saturated heterocycles. The summed E-state index contributed by atoms with van der Waals surface area (Å²) in [6.07, 6.45) is -27.9. The van der Waals surface area contributed by atoms with Crippen LogP contribution in [0.15, 0.2) is 11.6 Å². The maximum Gasteiger partial charge on any atom is 0.315 e. The van der Waals surface area contributed by atoms with Gasteiger partial charge in [-0.2, -0.15) is 0 Å². The van der Waals surface area contributed by atoms with E-state index in [0.717, 1.165) is 5.57 Å². The molecule has 5 aliphatic carbocycles. The van der Waals surface area contributed by atoms with Crippen molar-refractivity contribution in [3.8, 4) is 0 Å². The summed E-state index contributed by atoms with van der Waals surface area (Å²) in [5, 5.41) is 151. The van der Waals surface area contributed by atoms with Crippen LogP contribution < -0.4 is 0 Å². The first-order valence-electron chi connectivity index (χ1n) is 27.4. The van der Waals surface area contributed by atoms with E-state index in [-0.39, 0.29) is 17.8 Å². The van der Waals surface area contributed by atoms with Gasteiger partial charge in [0.25, 0.3) is 0 Å². The molecule has 4 heterocycles. The van der Waals surface area contributed by atoms with Gasteiger partial charge >= 0.3 is 11.9 Å². The van der Waals surface area contributed by atoms with Gasteiger partial charge in [0.15, 0.2) is 25.0 Å². The number of hydrogen-bond acceptors (Lipinski definition) is 23. The quantitative estimate of drug-likeness (QED) is 0.0586. The molecule has 0 aromatic heterocycles. The molecule has 14 N–H and O–H groups in total. The molecule has 0 amide bonds. The topological polar surface area (TPSA) is 391 Å². The zero-order chi connectivity index (χ0) is 56.4. The minimum absolute atomic E-state index is 0.111. The molecule has 0 aromatic rings. The van der Waals surface area contributed by atoms with Gasteiger partial charge in [0.05, 0.1) is 42.9 Å². The molecule has 0 bridgehead atoms. The number of aliphatic carboxylic acids is 1. The predicted octanol–water partition coefficient (Wildman–Crippen LogP) is -2.33. The highest BCUT2D eigenvalue weighted by Gasteiger charge is 2.73. The minimum atomic E-state index is -1.93. The van der Waals surface area contributed by atoms with Crippen molar-refractivity contribution >= 4 is 11.9 Å². The molecule has 4 aliphatic heterocycles. The molecule has 9 rings (SSSR count). The van der Waals surface area contributed by atoms with Crippen LogP contribution >= 0.6 is 0 Å². The zero-order valence-corrected chi connectivity index (χ0v) is 44.8. The van der Waals surface area contributed by atoms with Crippen molar-refractivity contribution in [3.05, 3.63) is 11.6 Å². The van der Waals surface area contributed by atoms with Crippen LogP contribution in [0.5, 0.6) is 0 Å². The van der Waals surface area contributed by atoms with Gasteiger partial charge in [0, 0.05) is 0 Å². The van der Waals surface area contributed by atoms with E-state index in [1.165, 1.54) is 13.8 Å². The number of aliphatic hydroxyl groups is 13. The Kier molecular flexibility index (Phi) is 16.4. The third-order valence-corrected chi connectivity index (χ3v) is 21.1. The normalized spacial score (nSPS) is 54.6. The summed E-state index contributed by atoms with van der Waals surface area (Å²) in [6, 6.07) is 0. The van der Waals surface area contributed by atoms with E-state index >= 15 is 4.79 Å². The summed E-state index contributed by atoms with van der Waals surface area (Å²) < 4.78 is 47.2. The Hall–Kier alpha value is -2.12. The lowest BCUT2D eigenvalue weighted by Gasteiger charge is -2.71. The molecule has 77 heavy (non-hydrogen) atoms. The van der Waals surface area contributed by atoms with Gasteiger partial charge in [-0.05, 0) is 111 Å². The molecule has 0 spiro atoms. The summed E-state index contributed by atoms with van der Waals surface area (Å²) in [6.45, 7) is 11.8.